The lowest BCUT2D eigenvalue weighted by atomic mass is 10.1. The third-order valence-corrected chi connectivity index (χ3v) is 2.30. The summed E-state index contributed by atoms with van der Waals surface area (Å²) in [6, 6.07) is 7.75. The minimum absolute atomic E-state index is 0.297. The zero-order chi connectivity index (χ0) is 13.4. The summed E-state index contributed by atoms with van der Waals surface area (Å²) in [5, 5.41) is 4.01. The van der Waals surface area contributed by atoms with Gasteiger partial charge >= 0.3 is 5.97 Å². The van der Waals surface area contributed by atoms with Crippen molar-refractivity contribution >= 4 is 17.4 Å². The molecule has 1 aromatic rings. The number of hydrogen-bond acceptors (Lipinski definition) is 4. The molecule has 0 radical (unpaired) electrons. The SMILES string of the molecule is C=CCc1ccccc1N/N=C(/C)C(=O)OCC. The Hall–Kier alpha value is -2.10. The molecule has 0 heterocycles. The Morgan fingerprint density at radius 3 is 2.89 bits per heavy atom. The van der Waals surface area contributed by atoms with Crippen LogP contribution in [0.4, 0.5) is 5.69 Å². The highest BCUT2D eigenvalue weighted by Gasteiger charge is 2.06. The van der Waals surface area contributed by atoms with Crippen LogP contribution in [0.5, 0.6) is 0 Å². The molecule has 0 spiro atoms. The van der Waals surface area contributed by atoms with Crippen LogP contribution in [0, 0.1) is 0 Å². The van der Waals surface area contributed by atoms with Gasteiger partial charge in [0.2, 0.25) is 0 Å². The summed E-state index contributed by atoms with van der Waals surface area (Å²) in [5.41, 5.74) is 5.11. The number of carbonyl (C=O) groups excluding carboxylic acids is 1. The molecule has 4 nitrogen and oxygen atoms in total. The lowest BCUT2D eigenvalue weighted by molar-refractivity contribution is -0.135. The van der Waals surface area contributed by atoms with E-state index < -0.39 is 5.97 Å². The first-order valence-corrected chi connectivity index (χ1v) is 5.85. The van der Waals surface area contributed by atoms with E-state index in [9.17, 15) is 4.79 Å². The topological polar surface area (TPSA) is 50.7 Å². The second kappa shape index (κ2) is 7.27. The molecule has 1 rings (SSSR count). The maximum atomic E-state index is 11.4. The van der Waals surface area contributed by atoms with E-state index in [4.69, 9.17) is 4.74 Å². The number of allylic oxidation sites excluding steroid dienone is 1. The van der Waals surface area contributed by atoms with E-state index in [2.05, 4.69) is 17.1 Å². The van der Waals surface area contributed by atoms with E-state index in [1.165, 1.54) is 0 Å². The number of benzene rings is 1. The van der Waals surface area contributed by atoms with Gasteiger partial charge in [-0.2, -0.15) is 5.10 Å². The first-order chi connectivity index (χ1) is 8.69. The van der Waals surface area contributed by atoms with Crippen molar-refractivity contribution in [2.75, 3.05) is 12.0 Å². The Kier molecular flexibility index (Phi) is 5.64. The number of esters is 1. The molecule has 18 heavy (non-hydrogen) atoms. The zero-order valence-electron chi connectivity index (χ0n) is 10.8. The van der Waals surface area contributed by atoms with E-state index in [1.807, 2.05) is 30.3 Å². The molecular weight excluding hydrogens is 228 g/mol. The number of nitrogens with zero attached hydrogens (tertiary/aromatic N) is 1. The number of hydrazone groups is 1. The number of carbonyl (C=O) groups is 1. The molecule has 0 aliphatic rings. The van der Waals surface area contributed by atoms with Crippen molar-refractivity contribution in [2.24, 2.45) is 5.10 Å². The van der Waals surface area contributed by atoms with Crippen molar-refractivity contribution in [3.63, 3.8) is 0 Å². The Morgan fingerprint density at radius 1 is 1.50 bits per heavy atom. The zero-order valence-corrected chi connectivity index (χ0v) is 10.8. The van der Waals surface area contributed by atoms with Crippen molar-refractivity contribution in [2.45, 2.75) is 20.3 Å². The second-order valence-electron chi connectivity index (χ2n) is 3.68. The van der Waals surface area contributed by atoms with Crippen molar-refractivity contribution in [1.29, 1.82) is 0 Å². The van der Waals surface area contributed by atoms with Crippen LogP contribution in [0.3, 0.4) is 0 Å². The highest BCUT2D eigenvalue weighted by molar-refractivity contribution is 6.35. The van der Waals surface area contributed by atoms with Gasteiger partial charge in [-0.25, -0.2) is 4.79 Å². The molecule has 4 heteroatoms. The van der Waals surface area contributed by atoms with Gasteiger partial charge in [-0.15, -0.1) is 6.58 Å². The van der Waals surface area contributed by atoms with Crippen LogP contribution in [0.1, 0.15) is 19.4 Å². The summed E-state index contributed by atoms with van der Waals surface area (Å²) in [6.07, 6.45) is 2.57. The van der Waals surface area contributed by atoms with E-state index in [-0.39, 0.29) is 0 Å². The molecule has 0 amide bonds. The van der Waals surface area contributed by atoms with Gasteiger partial charge in [-0.05, 0) is 31.9 Å². The molecule has 96 valence electrons. The van der Waals surface area contributed by atoms with Gasteiger partial charge in [-0.3, -0.25) is 5.43 Å². The fourth-order valence-electron chi connectivity index (χ4n) is 1.39. The number of para-hydroxylation sites is 1. The number of anilines is 1. The van der Waals surface area contributed by atoms with Crippen LogP contribution in [-0.4, -0.2) is 18.3 Å². The van der Waals surface area contributed by atoms with Gasteiger partial charge < -0.3 is 4.74 Å². The number of nitrogens with one attached hydrogen (secondary N) is 1. The molecule has 1 aromatic carbocycles. The normalized spacial score (nSPS) is 10.9. The summed E-state index contributed by atoms with van der Waals surface area (Å²) in [7, 11) is 0. The summed E-state index contributed by atoms with van der Waals surface area (Å²) in [4.78, 5) is 11.4. The van der Waals surface area contributed by atoms with Gasteiger partial charge in [-0.1, -0.05) is 24.3 Å². The van der Waals surface area contributed by atoms with Crippen LogP contribution in [0.25, 0.3) is 0 Å². The minimum atomic E-state index is -0.411. The molecular formula is C14H18N2O2. The predicted octanol–water partition coefficient (Wildman–Crippen LogP) is 2.77. The van der Waals surface area contributed by atoms with Gasteiger partial charge in [0.05, 0.1) is 12.3 Å². The smallest absolute Gasteiger partial charge is 0.354 e. The fourth-order valence-corrected chi connectivity index (χ4v) is 1.39. The summed E-state index contributed by atoms with van der Waals surface area (Å²) >= 11 is 0. The Labute approximate surface area is 107 Å². The summed E-state index contributed by atoms with van der Waals surface area (Å²) < 4.78 is 4.84. The summed E-state index contributed by atoms with van der Waals surface area (Å²) in [6.45, 7) is 7.43. The molecule has 0 aliphatic carbocycles. The molecule has 0 saturated heterocycles. The molecule has 0 unspecified atom stereocenters. The van der Waals surface area contributed by atoms with E-state index in [0.29, 0.717) is 12.3 Å². The molecule has 1 N–H and O–H groups in total. The van der Waals surface area contributed by atoms with Crippen molar-refractivity contribution in [1.82, 2.24) is 0 Å². The van der Waals surface area contributed by atoms with E-state index >= 15 is 0 Å². The minimum Gasteiger partial charge on any atom is -0.461 e. The van der Waals surface area contributed by atoms with Crippen LogP contribution in [0.2, 0.25) is 0 Å². The maximum absolute atomic E-state index is 11.4. The van der Waals surface area contributed by atoms with Crippen molar-refractivity contribution in [3.05, 3.63) is 42.5 Å². The highest BCUT2D eigenvalue weighted by Crippen LogP contribution is 2.15. The highest BCUT2D eigenvalue weighted by atomic mass is 16.5. The largest absolute Gasteiger partial charge is 0.461 e. The molecule has 0 atom stereocenters. The van der Waals surface area contributed by atoms with Gasteiger partial charge in [0.15, 0.2) is 0 Å². The van der Waals surface area contributed by atoms with Crippen LogP contribution >= 0.6 is 0 Å². The fraction of sp³-hybridized carbons (Fsp3) is 0.286. The van der Waals surface area contributed by atoms with Gasteiger partial charge in [0.1, 0.15) is 5.71 Å². The lowest BCUT2D eigenvalue weighted by Crippen LogP contribution is -2.15. The van der Waals surface area contributed by atoms with Crippen LogP contribution < -0.4 is 5.43 Å². The van der Waals surface area contributed by atoms with Gasteiger partial charge in [0, 0.05) is 0 Å². The quantitative estimate of drug-likeness (QED) is 0.363. The number of hydrogen-bond donors (Lipinski definition) is 1. The monoisotopic (exact) mass is 246 g/mol. The predicted molar refractivity (Wildman–Crippen MR) is 73.7 cm³/mol. The third kappa shape index (κ3) is 4.05. The molecule has 0 aromatic heterocycles. The van der Waals surface area contributed by atoms with Crippen LogP contribution in [-0.2, 0) is 16.0 Å². The Morgan fingerprint density at radius 2 is 2.22 bits per heavy atom. The Balaban J connectivity index is 2.76. The first kappa shape index (κ1) is 14.0. The number of ether oxygens (including phenoxy) is 1. The van der Waals surface area contributed by atoms with Crippen LogP contribution in [0.15, 0.2) is 42.0 Å². The average Bonchev–Trinajstić information content (AvgIpc) is 2.38. The average molecular weight is 246 g/mol. The summed E-state index contributed by atoms with van der Waals surface area (Å²) in [5.74, 6) is -0.411. The molecule has 0 fully saturated rings. The maximum Gasteiger partial charge on any atom is 0.354 e. The Bertz CT molecular complexity index is 453. The molecule has 0 bridgehead atoms. The number of rotatable bonds is 6. The van der Waals surface area contributed by atoms with Gasteiger partial charge in [0.25, 0.3) is 0 Å². The van der Waals surface area contributed by atoms with E-state index in [1.54, 1.807) is 13.8 Å². The van der Waals surface area contributed by atoms with Crippen molar-refractivity contribution < 1.29 is 9.53 Å². The third-order valence-electron chi connectivity index (χ3n) is 2.30. The standard InChI is InChI=1S/C14H18N2O2/c1-4-8-12-9-6-7-10-13(12)16-15-11(3)14(17)18-5-2/h4,6-7,9-10,16H,1,5,8H2,2-3H3/b15-11-. The van der Waals surface area contributed by atoms with Crippen molar-refractivity contribution in [3.8, 4) is 0 Å². The van der Waals surface area contributed by atoms with E-state index in [0.717, 1.165) is 17.7 Å². The second-order valence-corrected chi connectivity index (χ2v) is 3.68. The first-order valence-electron chi connectivity index (χ1n) is 5.85. The lowest BCUT2D eigenvalue weighted by Gasteiger charge is -2.07. The molecule has 0 aliphatic heterocycles. The molecule has 0 saturated carbocycles.